The van der Waals surface area contributed by atoms with Crippen molar-refractivity contribution in [3.63, 3.8) is 0 Å². The van der Waals surface area contributed by atoms with Crippen LogP contribution >= 0.6 is 23.5 Å². The number of hydrogen-bond donors (Lipinski definition) is 0. The average molecular weight is 623 g/mol. The molecule has 0 atom stereocenters. The van der Waals surface area contributed by atoms with Gasteiger partial charge in [-0.25, -0.2) is 0 Å². The summed E-state index contributed by atoms with van der Waals surface area (Å²) in [5, 5.41) is 20.2. The summed E-state index contributed by atoms with van der Waals surface area (Å²) < 4.78 is 3.25. The van der Waals surface area contributed by atoms with E-state index >= 15 is 0 Å². The predicted octanol–water partition coefficient (Wildman–Crippen LogP) is 4.55. The van der Waals surface area contributed by atoms with Crippen molar-refractivity contribution >= 4 is 56.6 Å². The summed E-state index contributed by atoms with van der Waals surface area (Å²) in [6.45, 7) is 4.58. The molecule has 4 nitrogen and oxygen atoms in total. The fourth-order valence-corrected chi connectivity index (χ4v) is 8.25. The Morgan fingerprint density at radius 2 is 1.06 bits per heavy atom. The largest absolute Gasteiger partial charge is 0.549 e. The van der Waals surface area contributed by atoms with Gasteiger partial charge in [0.05, 0.1) is 11.9 Å². The van der Waals surface area contributed by atoms with Crippen LogP contribution < -0.4 is 10.2 Å². The van der Waals surface area contributed by atoms with Gasteiger partial charge in [0.15, 0.2) is 0 Å². The van der Waals surface area contributed by atoms with Gasteiger partial charge in [-0.2, -0.15) is 23.5 Å². The molecule has 0 aliphatic heterocycles. The predicted molar refractivity (Wildman–Crippen MR) is 150 cm³/mol. The fourth-order valence-electron chi connectivity index (χ4n) is 2.71. The number of rotatable bonds is 16. The van der Waals surface area contributed by atoms with Crippen molar-refractivity contribution < 1.29 is 19.8 Å². The molecule has 35 heavy (non-hydrogen) atoms. The van der Waals surface area contributed by atoms with Crippen LogP contribution in [-0.2, 0) is 22.4 Å². The van der Waals surface area contributed by atoms with E-state index in [-0.39, 0.29) is 32.6 Å². The van der Waals surface area contributed by atoms with Gasteiger partial charge < -0.3 is 19.8 Å². The quantitative estimate of drug-likeness (QED) is 0.202. The van der Waals surface area contributed by atoms with Gasteiger partial charge in [0.2, 0.25) is 0 Å². The van der Waals surface area contributed by atoms with Crippen molar-refractivity contribution in [2.24, 2.45) is 0 Å². The van der Waals surface area contributed by atoms with Gasteiger partial charge in [-0.05, 0) is 35.5 Å². The summed E-state index contributed by atoms with van der Waals surface area (Å²) in [7, 11) is 0. The van der Waals surface area contributed by atoms with Crippen molar-refractivity contribution in [1.82, 2.24) is 0 Å². The van der Waals surface area contributed by atoms with E-state index in [2.05, 4.69) is 13.8 Å². The van der Waals surface area contributed by atoms with Crippen LogP contribution in [0.15, 0.2) is 60.7 Å². The van der Waals surface area contributed by atoms with E-state index in [0.717, 1.165) is 24.3 Å². The van der Waals surface area contributed by atoms with Crippen LogP contribution in [0.4, 0.5) is 0 Å². The summed E-state index contributed by atoms with van der Waals surface area (Å²) in [4.78, 5) is 20.2. The van der Waals surface area contributed by atoms with Crippen LogP contribution in [0.25, 0.3) is 0 Å². The van der Waals surface area contributed by atoms with Gasteiger partial charge in [0.1, 0.15) is 0 Å². The van der Waals surface area contributed by atoms with Gasteiger partial charge in [0, 0.05) is 11.5 Å². The third-order valence-electron chi connectivity index (χ3n) is 4.61. The zero-order chi connectivity index (χ0) is 26.0. The molecular formula is C28H40O4S2Sn. The zero-order valence-electron chi connectivity index (χ0n) is 21.2. The third kappa shape index (κ3) is 25.8. The number of aryl methyl sites for hydroxylation is 2. The van der Waals surface area contributed by atoms with Crippen LogP contribution in [0.5, 0.6) is 0 Å². The average Bonchev–Trinajstić information content (AvgIpc) is 2.86. The van der Waals surface area contributed by atoms with Crippen molar-refractivity contribution in [2.45, 2.75) is 61.2 Å². The number of benzene rings is 2. The Morgan fingerprint density at radius 1 is 0.686 bits per heavy atom. The van der Waals surface area contributed by atoms with E-state index in [1.807, 2.05) is 60.7 Å². The number of carboxylic acids is 2. The number of carbonyl (C=O) groups is 2. The molecule has 0 aliphatic carbocycles. The van der Waals surface area contributed by atoms with Crippen molar-refractivity contribution in [2.75, 3.05) is 23.0 Å². The summed E-state index contributed by atoms with van der Waals surface area (Å²) in [6, 6.07) is 20.0. The van der Waals surface area contributed by atoms with Crippen LogP contribution in [0.1, 0.15) is 50.7 Å². The molecule has 0 bridgehead atoms. The van der Waals surface area contributed by atoms with Crippen molar-refractivity contribution in [3.8, 4) is 0 Å². The first kappa shape index (κ1) is 33.9. The maximum absolute atomic E-state index is 10.1. The van der Waals surface area contributed by atoms with E-state index < -0.39 is 11.9 Å². The number of unbranched alkanes of at least 4 members (excludes halogenated alkanes) is 2. The minimum absolute atomic E-state index is 0.0901. The Kier molecular flexibility index (Phi) is 25.1. The smallest absolute Gasteiger partial charge is 0.0513 e. The van der Waals surface area contributed by atoms with Gasteiger partial charge in [-0.3, -0.25) is 0 Å². The Hall–Kier alpha value is -1.12. The van der Waals surface area contributed by atoms with Crippen LogP contribution in [-0.4, -0.2) is 56.1 Å². The second-order valence-electron chi connectivity index (χ2n) is 7.78. The first-order chi connectivity index (χ1) is 17.0. The summed E-state index contributed by atoms with van der Waals surface area (Å²) in [6.07, 6.45) is 7.67. The molecule has 0 fully saturated rings. The Bertz CT molecular complexity index is 682. The molecule has 0 unspecified atom stereocenters. The monoisotopic (exact) mass is 624 g/mol. The first-order valence-corrected chi connectivity index (χ1v) is 18.7. The number of carbonyl (C=O) groups excluding carboxylic acids is 2. The number of carboxylic acid groups (broad SMARTS) is 2. The molecule has 0 amide bonds. The summed E-state index contributed by atoms with van der Waals surface area (Å²) >= 11 is 2.94. The maximum Gasteiger partial charge on any atom is 0.0513 e. The standard InChI is InChI=1S/2C10H12O2S.2C4H9.Sn/c2*11-10(12)8-13-7-6-9-4-2-1-3-5-9;2*1-3-4-2;/h2*1-5H,6-8H2,(H,11,12);2*1,3-4H2,2H3;/q;;;;+2/p-2. The van der Waals surface area contributed by atoms with Crippen molar-refractivity contribution in [3.05, 3.63) is 71.8 Å². The van der Waals surface area contributed by atoms with Crippen LogP contribution in [0.2, 0.25) is 8.87 Å². The molecule has 0 saturated heterocycles. The number of hydrogen-bond acceptors (Lipinski definition) is 6. The Labute approximate surface area is 231 Å². The van der Waals surface area contributed by atoms with Gasteiger partial charge in [-0.1, -0.05) is 60.7 Å². The van der Waals surface area contributed by atoms with Gasteiger partial charge in [-0.15, -0.1) is 0 Å². The molecule has 0 spiro atoms. The molecule has 2 aromatic rings. The zero-order valence-corrected chi connectivity index (χ0v) is 25.7. The Morgan fingerprint density at radius 3 is 1.37 bits per heavy atom. The number of aliphatic carboxylic acids is 2. The molecule has 7 heteroatoms. The van der Waals surface area contributed by atoms with E-state index in [9.17, 15) is 19.8 Å². The number of thioether (sulfide) groups is 2. The van der Waals surface area contributed by atoms with E-state index in [0.29, 0.717) is 0 Å². The minimum atomic E-state index is -0.988. The Balaban J connectivity index is 0.000000506. The summed E-state index contributed by atoms with van der Waals surface area (Å²) in [5.41, 5.74) is 2.49. The van der Waals surface area contributed by atoms with E-state index in [4.69, 9.17) is 0 Å². The van der Waals surface area contributed by atoms with Crippen LogP contribution in [0, 0.1) is 0 Å². The third-order valence-corrected chi connectivity index (χ3v) is 10.5. The second-order valence-corrected chi connectivity index (χ2v) is 14.3. The minimum Gasteiger partial charge on any atom is -0.549 e. The van der Waals surface area contributed by atoms with E-state index in [1.165, 1.54) is 60.3 Å². The molecule has 192 valence electrons. The van der Waals surface area contributed by atoms with Crippen molar-refractivity contribution in [1.29, 1.82) is 0 Å². The molecule has 0 heterocycles. The first-order valence-electron chi connectivity index (χ1n) is 12.3. The molecule has 0 radical (unpaired) electrons. The molecule has 0 aromatic heterocycles. The molecule has 2 rings (SSSR count). The topological polar surface area (TPSA) is 80.3 Å². The van der Waals surface area contributed by atoms with Gasteiger partial charge >= 0.3 is 69.5 Å². The fraction of sp³-hybridized carbons (Fsp3) is 0.500. The SMILES string of the molecule is CCC[CH2][Sn+2][CH2]CCC.O=C([O-])CSCCc1ccccc1.O=C([O-])CSCCc1ccccc1. The molecule has 2 aromatic carbocycles. The second kappa shape index (κ2) is 26.0. The molecule has 0 aliphatic rings. The molecular weight excluding hydrogens is 583 g/mol. The normalized spacial score (nSPS) is 9.66. The maximum atomic E-state index is 10.1. The van der Waals surface area contributed by atoms with Crippen LogP contribution in [0.3, 0.4) is 0 Å². The molecule has 0 N–H and O–H groups in total. The van der Waals surface area contributed by atoms with E-state index in [1.54, 1.807) is 8.87 Å². The summed E-state index contributed by atoms with van der Waals surface area (Å²) in [5.74, 6) is -0.133. The van der Waals surface area contributed by atoms with Gasteiger partial charge in [0.25, 0.3) is 0 Å². The molecule has 0 saturated carbocycles.